The molecule has 0 fully saturated rings. The molecule has 0 amide bonds. The molecular formula is C9H13NOS. The minimum Gasteiger partial charge on any atom is -0.495 e. The van der Waals surface area contributed by atoms with Crippen molar-refractivity contribution in [2.24, 2.45) is 0 Å². The van der Waals surface area contributed by atoms with E-state index in [4.69, 9.17) is 4.74 Å². The second-order valence-electron chi connectivity index (χ2n) is 2.41. The van der Waals surface area contributed by atoms with Crippen LogP contribution in [-0.2, 0) is 0 Å². The molecule has 0 aliphatic carbocycles. The summed E-state index contributed by atoms with van der Waals surface area (Å²) in [4.78, 5) is 5.24. The first-order chi connectivity index (χ1) is 5.86. The van der Waals surface area contributed by atoms with Crippen molar-refractivity contribution < 1.29 is 4.74 Å². The van der Waals surface area contributed by atoms with Crippen LogP contribution >= 0.6 is 11.8 Å². The van der Waals surface area contributed by atoms with Gasteiger partial charge in [-0.25, -0.2) is 0 Å². The van der Waals surface area contributed by atoms with E-state index in [1.165, 1.54) is 11.3 Å². The van der Waals surface area contributed by atoms with Crippen LogP contribution in [0.1, 0.15) is 13.3 Å². The Kier molecular flexibility index (Phi) is 3.94. The number of methoxy groups -OCH3 is 1. The third kappa shape index (κ3) is 2.74. The third-order valence-corrected chi connectivity index (χ3v) is 2.57. The SMILES string of the molecule is CCCSc1cncc(OC)c1. The van der Waals surface area contributed by atoms with Gasteiger partial charge in [0.05, 0.1) is 13.3 Å². The molecule has 0 aliphatic rings. The highest BCUT2D eigenvalue weighted by molar-refractivity contribution is 7.99. The molecule has 0 bridgehead atoms. The fourth-order valence-electron chi connectivity index (χ4n) is 0.809. The monoisotopic (exact) mass is 183 g/mol. The van der Waals surface area contributed by atoms with Gasteiger partial charge in [-0.2, -0.15) is 0 Å². The summed E-state index contributed by atoms with van der Waals surface area (Å²) < 4.78 is 5.06. The van der Waals surface area contributed by atoms with Crippen LogP contribution in [0.15, 0.2) is 23.4 Å². The maximum Gasteiger partial charge on any atom is 0.138 e. The van der Waals surface area contributed by atoms with Crippen LogP contribution in [0.5, 0.6) is 5.75 Å². The van der Waals surface area contributed by atoms with E-state index < -0.39 is 0 Å². The number of aromatic nitrogens is 1. The summed E-state index contributed by atoms with van der Waals surface area (Å²) in [5, 5.41) is 0. The van der Waals surface area contributed by atoms with E-state index >= 15 is 0 Å². The van der Waals surface area contributed by atoms with Gasteiger partial charge < -0.3 is 4.74 Å². The summed E-state index contributed by atoms with van der Waals surface area (Å²) in [5.74, 6) is 1.96. The van der Waals surface area contributed by atoms with Crippen molar-refractivity contribution in [2.75, 3.05) is 12.9 Å². The van der Waals surface area contributed by atoms with Crippen molar-refractivity contribution >= 4 is 11.8 Å². The minimum absolute atomic E-state index is 0.830. The van der Waals surface area contributed by atoms with E-state index in [1.54, 1.807) is 13.3 Å². The molecule has 0 unspecified atom stereocenters. The molecule has 0 saturated carbocycles. The van der Waals surface area contributed by atoms with Crippen molar-refractivity contribution in [1.29, 1.82) is 0 Å². The fourth-order valence-corrected chi connectivity index (χ4v) is 1.58. The number of rotatable bonds is 4. The van der Waals surface area contributed by atoms with E-state index in [9.17, 15) is 0 Å². The lowest BCUT2D eigenvalue weighted by Crippen LogP contribution is -1.85. The number of hydrogen-bond donors (Lipinski definition) is 0. The minimum atomic E-state index is 0.830. The highest BCUT2D eigenvalue weighted by atomic mass is 32.2. The molecule has 0 N–H and O–H groups in total. The van der Waals surface area contributed by atoms with Gasteiger partial charge in [-0.05, 0) is 18.2 Å². The van der Waals surface area contributed by atoms with Crippen LogP contribution in [0.4, 0.5) is 0 Å². The number of pyridine rings is 1. The molecular weight excluding hydrogens is 170 g/mol. The topological polar surface area (TPSA) is 22.1 Å². The Balaban J connectivity index is 2.60. The Morgan fingerprint density at radius 1 is 1.50 bits per heavy atom. The quantitative estimate of drug-likeness (QED) is 0.670. The van der Waals surface area contributed by atoms with Gasteiger partial charge in [-0.1, -0.05) is 6.92 Å². The predicted molar refractivity (Wildman–Crippen MR) is 51.8 cm³/mol. The van der Waals surface area contributed by atoms with Crippen LogP contribution in [0.2, 0.25) is 0 Å². The van der Waals surface area contributed by atoms with E-state index in [0.717, 1.165) is 11.5 Å². The maximum atomic E-state index is 5.06. The lowest BCUT2D eigenvalue weighted by Gasteiger charge is -2.01. The van der Waals surface area contributed by atoms with Crippen LogP contribution in [-0.4, -0.2) is 17.8 Å². The highest BCUT2D eigenvalue weighted by Crippen LogP contribution is 2.21. The first-order valence-electron chi connectivity index (χ1n) is 3.98. The first kappa shape index (κ1) is 9.39. The molecule has 0 atom stereocenters. The molecule has 1 aromatic heterocycles. The summed E-state index contributed by atoms with van der Waals surface area (Å²) in [5.41, 5.74) is 0. The number of nitrogens with zero attached hydrogens (tertiary/aromatic N) is 1. The average molecular weight is 183 g/mol. The molecule has 0 spiro atoms. The lowest BCUT2D eigenvalue weighted by atomic mass is 10.5. The average Bonchev–Trinajstić information content (AvgIpc) is 2.15. The molecule has 1 heterocycles. The summed E-state index contributed by atoms with van der Waals surface area (Å²) in [6.45, 7) is 2.17. The molecule has 1 aromatic rings. The van der Waals surface area contributed by atoms with Gasteiger partial charge in [0, 0.05) is 11.1 Å². The van der Waals surface area contributed by atoms with Gasteiger partial charge in [-0.3, -0.25) is 4.98 Å². The number of thioether (sulfide) groups is 1. The van der Waals surface area contributed by atoms with Gasteiger partial charge in [0.1, 0.15) is 5.75 Å². The summed E-state index contributed by atoms with van der Waals surface area (Å²) in [7, 11) is 1.66. The van der Waals surface area contributed by atoms with Crippen LogP contribution < -0.4 is 4.74 Å². The van der Waals surface area contributed by atoms with Crippen molar-refractivity contribution in [1.82, 2.24) is 4.98 Å². The maximum absolute atomic E-state index is 5.06. The molecule has 66 valence electrons. The standard InChI is InChI=1S/C9H13NOS/c1-3-4-12-9-5-8(11-2)6-10-7-9/h5-7H,3-4H2,1-2H3. The Bertz CT molecular complexity index is 240. The summed E-state index contributed by atoms with van der Waals surface area (Å²) in [6, 6.07) is 2.01. The molecule has 0 aliphatic heterocycles. The zero-order valence-corrected chi connectivity index (χ0v) is 8.23. The van der Waals surface area contributed by atoms with Gasteiger partial charge in [-0.15, -0.1) is 11.8 Å². The van der Waals surface area contributed by atoms with E-state index in [0.29, 0.717) is 0 Å². The Morgan fingerprint density at radius 2 is 2.33 bits per heavy atom. The van der Waals surface area contributed by atoms with Gasteiger partial charge in [0.2, 0.25) is 0 Å². The second-order valence-corrected chi connectivity index (χ2v) is 3.58. The van der Waals surface area contributed by atoms with Gasteiger partial charge in [0.15, 0.2) is 0 Å². The number of ether oxygens (including phenoxy) is 1. The predicted octanol–water partition coefficient (Wildman–Crippen LogP) is 2.59. The fraction of sp³-hybridized carbons (Fsp3) is 0.444. The van der Waals surface area contributed by atoms with E-state index in [2.05, 4.69) is 11.9 Å². The largest absolute Gasteiger partial charge is 0.495 e. The Morgan fingerprint density at radius 3 is 3.00 bits per heavy atom. The van der Waals surface area contributed by atoms with Crippen molar-refractivity contribution in [2.45, 2.75) is 18.2 Å². The smallest absolute Gasteiger partial charge is 0.138 e. The van der Waals surface area contributed by atoms with E-state index in [-0.39, 0.29) is 0 Å². The van der Waals surface area contributed by atoms with Gasteiger partial charge in [0.25, 0.3) is 0 Å². The zero-order valence-electron chi connectivity index (χ0n) is 7.41. The van der Waals surface area contributed by atoms with Crippen molar-refractivity contribution in [3.8, 4) is 5.75 Å². The summed E-state index contributed by atoms with van der Waals surface area (Å²) >= 11 is 1.81. The van der Waals surface area contributed by atoms with Crippen LogP contribution in [0.25, 0.3) is 0 Å². The Hall–Kier alpha value is -0.700. The molecule has 12 heavy (non-hydrogen) atoms. The normalized spacial score (nSPS) is 9.83. The van der Waals surface area contributed by atoms with E-state index in [1.807, 2.05) is 24.0 Å². The second kappa shape index (κ2) is 5.04. The van der Waals surface area contributed by atoms with Crippen LogP contribution in [0.3, 0.4) is 0 Å². The summed E-state index contributed by atoms with van der Waals surface area (Å²) in [6.07, 6.45) is 4.76. The molecule has 0 saturated heterocycles. The first-order valence-corrected chi connectivity index (χ1v) is 4.97. The van der Waals surface area contributed by atoms with Crippen molar-refractivity contribution in [3.05, 3.63) is 18.5 Å². The van der Waals surface area contributed by atoms with Crippen LogP contribution in [0, 0.1) is 0 Å². The zero-order chi connectivity index (χ0) is 8.81. The lowest BCUT2D eigenvalue weighted by molar-refractivity contribution is 0.411. The van der Waals surface area contributed by atoms with Crippen molar-refractivity contribution in [3.63, 3.8) is 0 Å². The third-order valence-electron chi connectivity index (χ3n) is 1.40. The molecule has 2 nitrogen and oxygen atoms in total. The highest BCUT2D eigenvalue weighted by Gasteiger charge is 1.95. The van der Waals surface area contributed by atoms with Gasteiger partial charge >= 0.3 is 0 Å². The molecule has 1 rings (SSSR count). The molecule has 0 radical (unpaired) electrons. The Labute approximate surface area is 77.3 Å². The molecule has 0 aromatic carbocycles. The number of hydrogen-bond acceptors (Lipinski definition) is 3. The molecule has 3 heteroatoms.